The summed E-state index contributed by atoms with van der Waals surface area (Å²) in [6, 6.07) is 8.85. The molecule has 0 amide bonds. The highest BCUT2D eigenvalue weighted by Crippen LogP contribution is 2.31. The third kappa shape index (κ3) is 3.28. The molecule has 1 aliphatic carbocycles. The zero-order valence-electron chi connectivity index (χ0n) is 12.6. The Labute approximate surface area is 116 Å². The maximum Gasteiger partial charge on any atom is 0.195 e. The van der Waals surface area contributed by atoms with Gasteiger partial charge in [0.1, 0.15) is 0 Å². The Morgan fingerprint density at radius 2 is 1.84 bits per heavy atom. The van der Waals surface area contributed by atoms with Crippen molar-refractivity contribution in [3.63, 3.8) is 0 Å². The Balaban J connectivity index is 2.14. The number of aryl methyl sites for hydroxylation is 1. The minimum Gasteiger partial charge on any atom is -0.349 e. The lowest BCUT2D eigenvalue weighted by molar-refractivity contribution is 0.472. The quantitative estimate of drug-likeness (QED) is 0.600. The SMILES string of the molecule is CN(C)C(=NCC1CCCc2ccccc21)N(C)C. The first-order valence-electron chi connectivity index (χ1n) is 7.06. The molecule has 19 heavy (non-hydrogen) atoms. The van der Waals surface area contributed by atoms with E-state index in [4.69, 9.17) is 4.99 Å². The maximum absolute atomic E-state index is 4.81. The summed E-state index contributed by atoms with van der Waals surface area (Å²) in [6.45, 7) is 0.892. The molecule has 3 heteroatoms. The Bertz CT molecular complexity index is 439. The zero-order valence-corrected chi connectivity index (χ0v) is 12.6. The number of guanidine groups is 1. The predicted molar refractivity (Wildman–Crippen MR) is 81.8 cm³/mol. The van der Waals surface area contributed by atoms with E-state index in [1.807, 2.05) is 28.2 Å². The maximum atomic E-state index is 4.81. The minimum atomic E-state index is 0.583. The number of hydrogen-bond acceptors (Lipinski definition) is 1. The fraction of sp³-hybridized carbons (Fsp3) is 0.562. The Morgan fingerprint density at radius 1 is 1.16 bits per heavy atom. The molecule has 0 radical (unpaired) electrons. The molecule has 1 aliphatic rings. The first-order chi connectivity index (χ1) is 9.09. The van der Waals surface area contributed by atoms with Crippen LogP contribution < -0.4 is 0 Å². The molecule has 104 valence electrons. The van der Waals surface area contributed by atoms with Crippen molar-refractivity contribution >= 4 is 5.96 Å². The molecule has 1 aromatic carbocycles. The third-order valence-electron chi connectivity index (χ3n) is 3.75. The largest absolute Gasteiger partial charge is 0.349 e. The van der Waals surface area contributed by atoms with Crippen molar-refractivity contribution in [2.24, 2.45) is 4.99 Å². The van der Waals surface area contributed by atoms with E-state index < -0.39 is 0 Å². The fourth-order valence-electron chi connectivity index (χ4n) is 2.92. The smallest absolute Gasteiger partial charge is 0.195 e. The molecule has 1 aromatic rings. The zero-order chi connectivity index (χ0) is 13.8. The van der Waals surface area contributed by atoms with Gasteiger partial charge < -0.3 is 9.80 Å². The number of aliphatic imine (C=N–C) groups is 1. The third-order valence-corrected chi connectivity index (χ3v) is 3.75. The van der Waals surface area contributed by atoms with Crippen LogP contribution in [0.4, 0.5) is 0 Å². The van der Waals surface area contributed by atoms with Crippen LogP contribution in [0.15, 0.2) is 29.3 Å². The van der Waals surface area contributed by atoms with Gasteiger partial charge in [0.15, 0.2) is 5.96 Å². The highest BCUT2D eigenvalue weighted by atomic mass is 15.3. The van der Waals surface area contributed by atoms with Crippen LogP contribution in [0, 0.1) is 0 Å². The van der Waals surface area contributed by atoms with Crippen molar-refractivity contribution in [1.29, 1.82) is 0 Å². The summed E-state index contributed by atoms with van der Waals surface area (Å²) in [7, 11) is 8.20. The average molecular weight is 259 g/mol. The normalized spacial score (nSPS) is 17.6. The van der Waals surface area contributed by atoms with Gasteiger partial charge >= 0.3 is 0 Å². The van der Waals surface area contributed by atoms with Crippen LogP contribution in [0.3, 0.4) is 0 Å². The summed E-state index contributed by atoms with van der Waals surface area (Å²) in [5.74, 6) is 1.63. The highest BCUT2D eigenvalue weighted by molar-refractivity contribution is 5.79. The summed E-state index contributed by atoms with van der Waals surface area (Å²) in [5, 5.41) is 0. The standard InChI is InChI=1S/C16H25N3/c1-18(2)16(19(3)4)17-12-14-10-7-9-13-8-5-6-11-15(13)14/h5-6,8,11,14H,7,9-10,12H2,1-4H3. The van der Waals surface area contributed by atoms with Crippen molar-refractivity contribution < 1.29 is 0 Å². The number of rotatable bonds is 2. The van der Waals surface area contributed by atoms with Gasteiger partial charge in [0, 0.05) is 40.7 Å². The van der Waals surface area contributed by atoms with Gasteiger partial charge in [-0.25, -0.2) is 0 Å². The van der Waals surface area contributed by atoms with Crippen LogP contribution >= 0.6 is 0 Å². The molecule has 0 bridgehead atoms. The molecule has 1 atom stereocenters. The van der Waals surface area contributed by atoms with Gasteiger partial charge in [-0.05, 0) is 30.4 Å². The van der Waals surface area contributed by atoms with Crippen LogP contribution in [-0.2, 0) is 6.42 Å². The van der Waals surface area contributed by atoms with Gasteiger partial charge in [-0.1, -0.05) is 24.3 Å². The number of fused-ring (bicyclic) bond motifs is 1. The predicted octanol–water partition coefficient (Wildman–Crippen LogP) is 2.59. The molecule has 0 heterocycles. The molecule has 1 unspecified atom stereocenters. The molecule has 0 spiro atoms. The van der Waals surface area contributed by atoms with E-state index in [1.165, 1.54) is 30.4 Å². The summed E-state index contributed by atoms with van der Waals surface area (Å²) >= 11 is 0. The molecular formula is C16H25N3. The van der Waals surface area contributed by atoms with Crippen molar-refractivity contribution in [2.75, 3.05) is 34.7 Å². The number of benzene rings is 1. The van der Waals surface area contributed by atoms with Crippen LogP contribution in [-0.4, -0.2) is 50.5 Å². The van der Waals surface area contributed by atoms with E-state index >= 15 is 0 Å². The topological polar surface area (TPSA) is 18.8 Å². The van der Waals surface area contributed by atoms with Crippen LogP contribution in [0.2, 0.25) is 0 Å². The summed E-state index contributed by atoms with van der Waals surface area (Å²) in [5.41, 5.74) is 3.03. The monoisotopic (exact) mass is 259 g/mol. The number of hydrogen-bond donors (Lipinski definition) is 0. The Morgan fingerprint density at radius 3 is 2.53 bits per heavy atom. The average Bonchev–Trinajstić information content (AvgIpc) is 2.38. The number of nitrogens with zero attached hydrogens (tertiary/aromatic N) is 3. The van der Waals surface area contributed by atoms with Gasteiger partial charge in [0.05, 0.1) is 0 Å². The van der Waals surface area contributed by atoms with Crippen molar-refractivity contribution in [3.8, 4) is 0 Å². The van der Waals surface area contributed by atoms with E-state index in [9.17, 15) is 0 Å². The fourth-order valence-corrected chi connectivity index (χ4v) is 2.92. The minimum absolute atomic E-state index is 0.583. The highest BCUT2D eigenvalue weighted by Gasteiger charge is 2.19. The molecule has 0 N–H and O–H groups in total. The Hall–Kier alpha value is -1.51. The lowest BCUT2D eigenvalue weighted by atomic mass is 9.83. The van der Waals surface area contributed by atoms with E-state index in [-0.39, 0.29) is 0 Å². The molecule has 0 fully saturated rings. The molecule has 0 saturated carbocycles. The van der Waals surface area contributed by atoms with Gasteiger partial charge in [-0.3, -0.25) is 4.99 Å². The molecule has 0 aromatic heterocycles. The molecule has 0 aliphatic heterocycles. The first kappa shape index (κ1) is 13.9. The van der Waals surface area contributed by atoms with Crippen LogP contribution in [0.5, 0.6) is 0 Å². The van der Waals surface area contributed by atoms with E-state index in [1.54, 1.807) is 0 Å². The molecule has 3 nitrogen and oxygen atoms in total. The summed E-state index contributed by atoms with van der Waals surface area (Å²) in [6.07, 6.45) is 3.77. The lowest BCUT2D eigenvalue weighted by Gasteiger charge is -2.27. The molecular weight excluding hydrogens is 234 g/mol. The van der Waals surface area contributed by atoms with E-state index in [2.05, 4.69) is 34.1 Å². The van der Waals surface area contributed by atoms with Gasteiger partial charge in [-0.15, -0.1) is 0 Å². The van der Waals surface area contributed by atoms with Crippen LogP contribution in [0.25, 0.3) is 0 Å². The van der Waals surface area contributed by atoms with Crippen molar-refractivity contribution in [2.45, 2.75) is 25.2 Å². The summed E-state index contributed by atoms with van der Waals surface area (Å²) < 4.78 is 0. The van der Waals surface area contributed by atoms with E-state index in [0.717, 1.165) is 12.5 Å². The van der Waals surface area contributed by atoms with Gasteiger partial charge in [-0.2, -0.15) is 0 Å². The Kier molecular flexibility index (Phi) is 4.46. The first-order valence-corrected chi connectivity index (χ1v) is 7.06. The lowest BCUT2D eigenvalue weighted by Crippen LogP contribution is -2.35. The molecule has 0 saturated heterocycles. The second-order valence-corrected chi connectivity index (χ2v) is 5.72. The van der Waals surface area contributed by atoms with Gasteiger partial charge in [0.2, 0.25) is 0 Å². The second-order valence-electron chi connectivity index (χ2n) is 5.72. The van der Waals surface area contributed by atoms with Gasteiger partial charge in [0.25, 0.3) is 0 Å². The van der Waals surface area contributed by atoms with Crippen molar-refractivity contribution in [1.82, 2.24) is 9.80 Å². The second kappa shape index (κ2) is 6.09. The van der Waals surface area contributed by atoms with E-state index in [0.29, 0.717) is 5.92 Å². The summed E-state index contributed by atoms with van der Waals surface area (Å²) in [4.78, 5) is 8.97. The van der Waals surface area contributed by atoms with Crippen LogP contribution in [0.1, 0.15) is 29.9 Å². The molecule has 2 rings (SSSR count). The van der Waals surface area contributed by atoms with Crippen molar-refractivity contribution in [3.05, 3.63) is 35.4 Å².